The predicted octanol–water partition coefficient (Wildman–Crippen LogP) is 4.02. The van der Waals surface area contributed by atoms with Crippen LogP contribution in [0, 0.1) is 0 Å². The van der Waals surface area contributed by atoms with E-state index in [1.54, 1.807) is 7.05 Å². The summed E-state index contributed by atoms with van der Waals surface area (Å²) < 4.78 is 0. The molecule has 0 bridgehead atoms. The van der Waals surface area contributed by atoms with Crippen molar-refractivity contribution in [1.29, 1.82) is 0 Å². The highest BCUT2D eigenvalue weighted by Gasteiger charge is 2.24. The first kappa shape index (κ1) is 19.0. The van der Waals surface area contributed by atoms with Gasteiger partial charge in [-0.05, 0) is 48.6 Å². The monoisotopic (exact) mass is 365 g/mol. The van der Waals surface area contributed by atoms with Gasteiger partial charge in [-0.3, -0.25) is 4.79 Å². The molecule has 5 nitrogen and oxygen atoms in total. The topological polar surface area (TPSA) is 61.4 Å². The number of carbonyl (C=O) groups excluding carboxylic acids is 2. The Labute approximate surface area is 160 Å². The molecule has 27 heavy (non-hydrogen) atoms. The molecule has 2 aromatic carbocycles. The molecule has 0 saturated carbocycles. The molecule has 1 aliphatic rings. The van der Waals surface area contributed by atoms with Crippen LogP contribution in [0.25, 0.3) is 0 Å². The number of urea groups is 1. The van der Waals surface area contributed by atoms with Gasteiger partial charge in [-0.2, -0.15) is 0 Å². The van der Waals surface area contributed by atoms with Crippen LogP contribution >= 0.6 is 0 Å². The fourth-order valence-electron chi connectivity index (χ4n) is 3.67. The molecule has 1 aliphatic heterocycles. The minimum absolute atomic E-state index is 0.0372. The van der Waals surface area contributed by atoms with Gasteiger partial charge < -0.3 is 15.5 Å². The molecule has 142 valence electrons. The summed E-state index contributed by atoms with van der Waals surface area (Å²) in [5, 5.41) is 5.73. The lowest BCUT2D eigenvalue weighted by Crippen LogP contribution is -2.43. The van der Waals surface area contributed by atoms with Gasteiger partial charge in [-0.25, -0.2) is 4.79 Å². The predicted molar refractivity (Wildman–Crippen MR) is 108 cm³/mol. The maximum Gasteiger partial charge on any atom is 0.317 e. The molecule has 1 unspecified atom stereocenters. The Balaban J connectivity index is 1.75. The molecule has 0 aliphatic carbocycles. The van der Waals surface area contributed by atoms with Crippen molar-refractivity contribution >= 4 is 17.6 Å². The second-order valence-electron chi connectivity index (χ2n) is 6.93. The van der Waals surface area contributed by atoms with Crippen LogP contribution in [0.3, 0.4) is 0 Å². The second kappa shape index (κ2) is 8.71. The molecule has 1 atom stereocenters. The summed E-state index contributed by atoms with van der Waals surface area (Å²) in [4.78, 5) is 26.5. The zero-order valence-electron chi connectivity index (χ0n) is 16.0. The molecule has 1 fully saturated rings. The van der Waals surface area contributed by atoms with E-state index in [-0.39, 0.29) is 17.9 Å². The molecule has 0 spiro atoms. The smallest absolute Gasteiger partial charge is 0.317 e. The minimum atomic E-state index is -0.100. The quantitative estimate of drug-likeness (QED) is 0.860. The van der Waals surface area contributed by atoms with Crippen LogP contribution in [-0.2, 0) is 6.42 Å². The molecular weight excluding hydrogens is 338 g/mol. The summed E-state index contributed by atoms with van der Waals surface area (Å²) in [6, 6.07) is 15.6. The zero-order valence-corrected chi connectivity index (χ0v) is 16.0. The Hall–Kier alpha value is -2.82. The lowest BCUT2D eigenvalue weighted by Gasteiger charge is -2.32. The van der Waals surface area contributed by atoms with Gasteiger partial charge in [0.05, 0.1) is 0 Å². The highest BCUT2D eigenvalue weighted by Crippen LogP contribution is 2.28. The van der Waals surface area contributed by atoms with Gasteiger partial charge in [0, 0.05) is 37.3 Å². The first-order valence-corrected chi connectivity index (χ1v) is 9.58. The third-order valence-electron chi connectivity index (χ3n) is 5.19. The number of hydrogen-bond donors (Lipinski definition) is 2. The van der Waals surface area contributed by atoms with E-state index in [1.807, 2.05) is 47.4 Å². The number of amides is 3. The number of nitrogens with one attached hydrogen (secondary N) is 2. The van der Waals surface area contributed by atoms with Crippen molar-refractivity contribution in [3.63, 3.8) is 0 Å². The van der Waals surface area contributed by atoms with E-state index in [0.717, 1.165) is 42.6 Å². The largest absolute Gasteiger partial charge is 0.341 e. The number of nitrogens with zero attached hydrogens (tertiary/aromatic N) is 1. The Bertz CT molecular complexity index is 819. The van der Waals surface area contributed by atoms with Crippen LogP contribution in [0.2, 0.25) is 0 Å². The summed E-state index contributed by atoms with van der Waals surface area (Å²) in [6.45, 7) is 3.54. The van der Waals surface area contributed by atoms with Crippen LogP contribution in [0.1, 0.15) is 47.2 Å². The summed E-state index contributed by atoms with van der Waals surface area (Å²) in [5.74, 6) is 0.156. The van der Waals surface area contributed by atoms with Crippen molar-refractivity contribution in [2.75, 3.05) is 25.5 Å². The van der Waals surface area contributed by atoms with Gasteiger partial charge >= 0.3 is 6.03 Å². The van der Waals surface area contributed by atoms with E-state index in [4.69, 9.17) is 0 Å². The van der Waals surface area contributed by atoms with E-state index in [9.17, 15) is 9.59 Å². The van der Waals surface area contributed by atoms with Crippen LogP contribution in [0.5, 0.6) is 0 Å². The lowest BCUT2D eigenvalue weighted by atomic mass is 9.89. The average molecular weight is 365 g/mol. The molecule has 3 rings (SSSR count). The summed E-state index contributed by atoms with van der Waals surface area (Å²) >= 11 is 0. The number of piperidine rings is 1. The molecule has 1 heterocycles. The highest BCUT2D eigenvalue weighted by molar-refractivity contribution is 6.04. The van der Waals surface area contributed by atoms with E-state index in [0.29, 0.717) is 12.1 Å². The lowest BCUT2D eigenvalue weighted by molar-refractivity contribution is 0.102. The maximum atomic E-state index is 12.8. The normalized spacial score (nSPS) is 16.7. The summed E-state index contributed by atoms with van der Waals surface area (Å²) in [7, 11) is 1.66. The number of carbonyl (C=O) groups is 2. The van der Waals surface area contributed by atoms with Crippen molar-refractivity contribution in [3.05, 3.63) is 65.2 Å². The van der Waals surface area contributed by atoms with Crippen LogP contribution in [0.4, 0.5) is 10.5 Å². The number of hydrogen-bond acceptors (Lipinski definition) is 2. The molecule has 0 aromatic heterocycles. The fourth-order valence-corrected chi connectivity index (χ4v) is 3.67. The standard InChI is InChI=1S/C22H27N3O2/c1-3-16-8-4-5-12-20(16)24-21(26)18-10-6-9-17(14-18)19-11-7-13-25(15-19)22(27)23-2/h4-6,8-10,12,14,19H,3,7,11,13,15H2,1-2H3,(H,23,27)(H,24,26). The fraction of sp³-hybridized carbons (Fsp3) is 0.364. The zero-order chi connectivity index (χ0) is 19.2. The van der Waals surface area contributed by atoms with Gasteiger partial charge in [0.25, 0.3) is 5.91 Å². The number of benzene rings is 2. The van der Waals surface area contributed by atoms with E-state index in [1.165, 1.54) is 0 Å². The first-order valence-electron chi connectivity index (χ1n) is 9.58. The summed E-state index contributed by atoms with van der Waals surface area (Å²) in [5.41, 5.74) is 3.74. The van der Waals surface area contributed by atoms with Crippen LogP contribution in [0.15, 0.2) is 48.5 Å². The maximum absolute atomic E-state index is 12.8. The van der Waals surface area contributed by atoms with Gasteiger partial charge in [0.15, 0.2) is 0 Å². The molecule has 0 radical (unpaired) electrons. The third kappa shape index (κ3) is 4.48. The number of para-hydroxylation sites is 1. The Morgan fingerprint density at radius 2 is 1.96 bits per heavy atom. The van der Waals surface area contributed by atoms with Gasteiger partial charge in [0.1, 0.15) is 0 Å². The van der Waals surface area contributed by atoms with Crippen molar-refractivity contribution in [3.8, 4) is 0 Å². The summed E-state index contributed by atoms with van der Waals surface area (Å²) in [6.07, 6.45) is 2.86. The van der Waals surface area contributed by atoms with Gasteiger partial charge in [-0.1, -0.05) is 37.3 Å². The minimum Gasteiger partial charge on any atom is -0.341 e. The van der Waals surface area contributed by atoms with E-state index >= 15 is 0 Å². The third-order valence-corrected chi connectivity index (χ3v) is 5.19. The molecule has 2 N–H and O–H groups in total. The SMILES string of the molecule is CCc1ccccc1NC(=O)c1cccc(C2CCCN(C(=O)NC)C2)c1. The molecule has 2 aromatic rings. The molecule has 1 saturated heterocycles. The number of likely N-dealkylation sites (tertiary alicyclic amines) is 1. The van der Waals surface area contributed by atoms with Crippen LogP contribution < -0.4 is 10.6 Å². The average Bonchev–Trinajstić information content (AvgIpc) is 2.73. The van der Waals surface area contributed by atoms with Crippen molar-refractivity contribution in [2.45, 2.75) is 32.1 Å². The van der Waals surface area contributed by atoms with Crippen molar-refractivity contribution in [1.82, 2.24) is 10.2 Å². The molecule has 3 amide bonds. The van der Waals surface area contributed by atoms with Gasteiger partial charge in [-0.15, -0.1) is 0 Å². The molecular formula is C22H27N3O2. The van der Waals surface area contributed by atoms with Crippen molar-refractivity contribution in [2.24, 2.45) is 0 Å². The number of rotatable bonds is 4. The Morgan fingerprint density at radius 3 is 2.74 bits per heavy atom. The number of anilines is 1. The number of aryl methyl sites for hydroxylation is 1. The molecule has 5 heteroatoms. The van der Waals surface area contributed by atoms with Gasteiger partial charge in [0.2, 0.25) is 0 Å². The Kier molecular flexibility index (Phi) is 6.12. The van der Waals surface area contributed by atoms with Crippen molar-refractivity contribution < 1.29 is 9.59 Å². The van der Waals surface area contributed by atoms with E-state index < -0.39 is 0 Å². The first-order chi connectivity index (χ1) is 13.1. The second-order valence-corrected chi connectivity index (χ2v) is 6.93. The highest BCUT2D eigenvalue weighted by atomic mass is 16.2. The van der Waals surface area contributed by atoms with Crippen LogP contribution in [-0.4, -0.2) is 37.0 Å². The van der Waals surface area contributed by atoms with E-state index in [2.05, 4.69) is 23.6 Å². The Morgan fingerprint density at radius 1 is 1.15 bits per heavy atom.